The summed E-state index contributed by atoms with van der Waals surface area (Å²) in [7, 11) is 0. The van der Waals surface area contributed by atoms with Crippen molar-refractivity contribution in [2.75, 3.05) is 0 Å². The molecule has 0 aliphatic carbocycles. The summed E-state index contributed by atoms with van der Waals surface area (Å²) in [6, 6.07) is 0. The quantitative estimate of drug-likeness (QED) is 0.457. The minimum absolute atomic E-state index is 0.107. The van der Waals surface area contributed by atoms with E-state index >= 15 is 0 Å². The molecule has 68 valence electrons. The summed E-state index contributed by atoms with van der Waals surface area (Å²) in [6.45, 7) is 6.13. The third-order valence-corrected chi connectivity index (χ3v) is 2.94. The lowest BCUT2D eigenvalue weighted by molar-refractivity contribution is 0.560. The van der Waals surface area contributed by atoms with Gasteiger partial charge in [0.05, 0.1) is 10.3 Å². The molecule has 0 saturated carbocycles. The van der Waals surface area contributed by atoms with Crippen molar-refractivity contribution < 1.29 is 0 Å². The molecule has 0 radical (unpaired) electrons. The minimum Gasteiger partial charge on any atom is -0.121 e. The van der Waals surface area contributed by atoms with Gasteiger partial charge in [-0.15, -0.1) is 23.2 Å². The molecule has 0 bridgehead atoms. The summed E-state index contributed by atoms with van der Waals surface area (Å²) >= 11 is 12.1. The normalized spacial score (nSPS) is 15.0. The van der Waals surface area contributed by atoms with E-state index in [9.17, 15) is 0 Å². The lowest BCUT2D eigenvalue weighted by Crippen LogP contribution is -2.24. The topological polar surface area (TPSA) is 0 Å². The molecule has 0 aromatic heterocycles. The minimum atomic E-state index is -0.255. The zero-order chi connectivity index (χ0) is 8.91. The molecular formula is C9H18Cl2. The third kappa shape index (κ3) is 5.81. The van der Waals surface area contributed by atoms with Crippen LogP contribution in [0, 0.1) is 0 Å². The van der Waals surface area contributed by atoms with Gasteiger partial charge in [0.15, 0.2) is 0 Å². The maximum atomic E-state index is 6.06. The second-order valence-corrected chi connectivity index (χ2v) is 5.03. The summed E-state index contributed by atoms with van der Waals surface area (Å²) in [5, 5.41) is 0.107. The van der Waals surface area contributed by atoms with Gasteiger partial charge in [0.2, 0.25) is 0 Å². The van der Waals surface area contributed by atoms with Gasteiger partial charge < -0.3 is 0 Å². The number of halogens is 2. The van der Waals surface area contributed by atoms with Gasteiger partial charge in [-0.3, -0.25) is 0 Å². The van der Waals surface area contributed by atoms with Gasteiger partial charge in [-0.25, -0.2) is 0 Å². The highest BCUT2D eigenvalue weighted by Gasteiger charge is 2.23. The van der Waals surface area contributed by atoms with Crippen molar-refractivity contribution in [3.05, 3.63) is 0 Å². The van der Waals surface area contributed by atoms with Gasteiger partial charge in [0.1, 0.15) is 0 Å². The van der Waals surface area contributed by atoms with E-state index in [0.717, 1.165) is 6.42 Å². The Bertz CT molecular complexity index is 94.2. The van der Waals surface area contributed by atoms with Gasteiger partial charge in [0.25, 0.3) is 0 Å². The maximum Gasteiger partial charge on any atom is 0.0553 e. The Morgan fingerprint density at radius 1 is 1.27 bits per heavy atom. The van der Waals surface area contributed by atoms with Gasteiger partial charge in [-0.2, -0.15) is 0 Å². The van der Waals surface area contributed by atoms with Gasteiger partial charge in [-0.05, 0) is 20.3 Å². The van der Waals surface area contributed by atoms with Crippen molar-refractivity contribution >= 4 is 23.2 Å². The van der Waals surface area contributed by atoms with Gasteiger partial charge in [-0.1, -0.05) is 26.2 Å². The van der Waals surface area contributed by atoms with Crippen LogP contribution in [0.25, 0.3) is 0 Å². The monoisotopic (exact) mass is 196 g/mol. The number of rotatable bonds is 5. The first kappa shape index (κ1) is 11.6. The number of alkyl halides is 2. The van der Waals surface area contributed by atoms with Crippen molar-refractivity contribution in [2.45, 2.75) is 56.7 Å². The molecule has 0 N–H and O–H groups in total. The van der Waals surface area contributed by atoms with Crippen LogP contribution in [0.15, 0.2) is 0 Å². The second kappa shape index (κ2) is 5.27. The Morgan fingerprint density at radius 2 is 1.82 bits per heavy atom. The molecule has 0 rings (SSSR count). The predicted octanol–water partition coefficient (Wildman–Crippen LogP) is 4.19. The van der Waals surface area contributed by atoms with Crippen molar-refractivity contribution in [3.63, 3.8) is 0 Å². The van der Waals surface area contributed by atoms with E-state index in [-0.39, 0.29) is 10.3 Å². The molecule has 0 nitrogen and oxygen atoms in total. The first-order valence-corrected chi connectivity index (χ1v) is 5.13. The molecule has 1 atom stereocenters. The molecule has 0 amide bonds. The fraction of sp³-hybridized carbons (Fsp3) is 1.00. The lowest BCUT2D eigenvalue weighted by Gasteiger charge is -2.22. The number of hydrogen-bond donors (Lipinski definition) is 0. The maximum absolute atomic E-state index is 6.06. The fourth-order valence-electron chi connectivity index (χ4n) is 0.917. The molecule has 0 aliphatic heterocycles. The SMILES string of the molecule is CCCCCC(Cl)C(C)(C)Cl. The Balaban J connectivity index is 3.44. The summed E-state index contributed by atoms with van der Waals surface area (Å²) in [5.41, 5.74) is 0. The first-order valence-electron chi connectivity index (χ1n) is 4.31. The van der Waals surface area contributed by atoms with Crippen molar-refractivity contribution in [1.82, 2.24) is 0 Å². The van der Waals surface area contributed by atoms with E-state index in [1.54, 1.807) is 0 Å². The Hall–Kier alpha value is 0.580. The van der Waals surface area contributed by atoms with Gasteiger partial charge in [0, 0.05) is 0 Å². The van der Waals surface area contributed by atoms with Crippen LogP contribution in [0.3, 0.4) is 0 Å². The fourth-order valence-corrected chi connectivity index (χ4v) is 1.18. The molecule has 0 heterocycles. The van der Waals surface area contributed by atoms with Crippen LogP contribution in [0.4, 0.5) is 0 Å². The van der Waals surface area contributed by atoms with Crippen molar-refractivity contribution in [3.8, 4) is 0 Å². The van der Waals surface area contributed by atoms with Crippen LogP contribution in [0.5, 0.6) is 0 Å². The van der Waals surface area contributed by atoms with Crippen LogP contribution >= 0.6 is 23.2 Å². The largest absolute Gasteiger partial charge is 0.121 e. The molecule has 0 spiro atoms. The van der Waals surface area contributed by atoms with Gasteiger partial charge >= 0.3 is 0 Å². The zero-order valence-electron chi connectivity index (χ0n) is 7.66. The molecule has 0 saturated heterocycles. The Morgan fingerprint density at radius 3 is 2.18 bits per heavy atom. The van der Waals surface area contributed by atoms with Crippen LogP contribution in [0.1, 0.15) is 46.5 Å². The van der Waals surface area contributed by atoms with E-state index in [1.807, 2.05) is 13.8 Å². The highest BCUT2D eigenvalue weighted by molar-refractivity contribution is 6.32. The van der Waals surface area contributed by atoms with E-state index in [4.69, 9.17) is 23.2 Å². The van der Waals surface area contributed by atoms with Crippen molar-refractivity contribution in [1.29, 1.82) is 0 Å². The zero-order valence-corrected chi connectivity index (χ0v) is 9.17. The average Bonchev–Trinajstić information content (AvgIpc) is 1.86. The molecule has 0 aromatic carbocycles. The Labute approximate surface area is 80.3 Å². The number of hydrogen-bond acceptors (Lipinski definition) is 0. The third-order valence-electron chi connectivity index (χ3n) is 1.81. The summed E-state index contributed by atoms with van der Waals surface area (Å²) < 4.78 is 0. The van der Waals surface area contributed by atoms with E-state index in [2.05, 4.69) is 6.92 Å². The highest BCUT2D eigenvalue weighted by atomic mass is 35.5. The standard InChI is InChI=1S/C9H18Cl2/c1-4-5-6-7-8(10)9(2,3)11/h8H,4-7H2,1-3H3. The highest BCUT2D eigenvalue weighted by Crippen LogP contribution is 2.27. The van der Waals surface area contributed by atoms with Crippen LogP contribution in [-0.4, -0.2) is 10.3 Å². The van der Waals surface area contributed by atoms with E-state index in [0.29, 0.717) is 0 Å². The number of unbranched alkanes of at least 4 members (excludes halogenated alkanes) is 2. The molecule has 0 aliphatic rings. The molecule has 0 fully saturated rings. The van der Waals surface area contributed by atoms with Crippen LogP contribution in [0.2, 0.25) is 0 Å². The smallest absolute Gasteiger partial charge is 0.0553 e. The predicted molar refractivity (Wildman–Crippen MR) is 53.7 cm³/mol. The van der Waals surface area contributed by atoms with Crippen LogP contribution in [-0.2, 0) is 0 Å². The van der Waals surface area contributed by atoms with Crippen LogP contribution < -0.4 is 0 Å². The Kier molecular flexibility index (Phi) is 5.54. The second-order valence-electron chi connectivity index (χ2n) is 3.53. The van der Waals surface area contributed by atoms with E-state index in [1.165, 1.54) is 19.3 Å². The molecule has 11 heavy (non-hydrogen) atoms. The molecule has 1 unspecified atom stereocenters. The van der Waals surface area contributed by atoms with Crippen molar-refractivity contribution in [2.24, 2.45) is 0 Å². The average molecular weight is 197 g/mol. The molecular weight excluding hydrogens is 179 g/mol. The summed E-state index contributed by atoms with van der Waals surface area (Å²) in [5.74, 6) is 0. The summed E-state index contributed by atoms with van der Waals surface area (Å²) in [4.78, 5) is -0.255. The first-order chi connectivity index (χ1) is 4.98. The van der Waals surface area contributed by atoms with E-state index < -0.39 is 0 Å². The molecule has 0 aromatic rings. The summed E-state index contributed by atoms with van der Waals surface area (Å²) in [6.07, 6.45) is 4.73. The molecule has 2 heteroatoms. The lowest BCUT2D eigenvalue weighted by atomic mass is 10.0.